The molecule has 2 heteroatoms. The van der Waals surface area contributed by atoms with Gasteiger partial charge in [0.15, 0.2) is 0 Å². The molecular formula is C14H16BrN. The van der Waals surface area contributed by atoms with Crippen LogP contribution in [0.3, 0.4) is 0 Å². The van der Waals surface area contributed by atoms with Crippen LogP contribution >= 0.6 is 15.9 Å². The Bertz CT molecular complexity index is 403. The van der Waals surface area contributed by atoms with E-state index in [-0.39, 0.29) is 0 Å². The van der Waals surface area contributed by atoms with Gasteiger partial charge in [0.25, 0.3) is 0 Å². The molecule has 0 bridgehead atoms. The first-order chi connectivity index (χ1) is 7.74. The lowest BCUT2D eigenvalue weighted by Gasteiger charge is -2.20. The lowest BCUT2D eigenvalue weighted by Crippen LogP contribution is -2.23. The minimum atomic E-state index is 1.07. The molecule has 0 spiro atoms. The molecule has 84 valence electrons. The van der Waals surface area contributed by atoms with Crippen molar-refractivity contribution in [3.05, 3.63) is 52.0 Å². The summed E-state index contributed by atoms with van der Waals surface area (Å²) in [4.78, 5) is 2.33. The number of nitrogens with zero attached hydrogens (tertiary/aromatic N) is 1. The molecule has 0 radical (unpaired) electrons. The van der Waals surface area contributed by atoms with Crippen molar-refractivity contribution in [2.75, 3.05) is 20.1 Å². The minimum absolute atomic E-state index is 1.07. The summed E-state index contributed by atoms with van der Waals surface area (Å²) < 4.78 is 1.13. The van der Waals surface area contributed by atoms with Gasteiger partial charge in [-0.05, 0) is 36.7 Å². The van der Waals surface area contributed by atoms with E-state index in [9.17, 15) is 0 Å². The molecule has 0 saturated heterocycles. The summed E-state index contributed by atoms with van der Waals surface area (Å²) in [7, 11) is 2.16. The van der Waals surface area contributed by atoms with Gasteiger partial charge < -0.3 is 4.90 Å². The number of likely N-dealkylation sites (N-methyl/N-ethyl adjacent to an activating group) is 1. The second kappa shape index (κ2) is 5.46. The van der Waals surface area contributed by atoms with Crippen LogP contribution in [0.5, 0.6) is 0 Å². The summed E-state index contributed by atoms with van der Waals surface area (Å²) >= 11 is 3.44. The van der Waals surface area contributed by atoms with Gasteiger partial charge in [-0.3, -0.25) is 0 Å². The van der Waals surface area contributed by atoms with Crippen molar-refractivity contribution in [1.82, 2.24) is 4.90 Å². The molecular weight excluding hydrogens is 262 g/mol. The summed E-state index contributed by atoms with van der Waals surface area (Å²) in [6.07, 6.45) is 7.88. The third kappa shape index (κ3) is 3.32. The first kappa shape index (κ1) is 11.6. The summed E-state index contributed by atoms with van der Waals surface area (Å²) in [5.41, 5.74) is 2.70. The van der Waals surface area contributed by atoms with Gasteiger partial charge in [0.1, 0.15) is 0 Å². The number of allylic oxidation sites excluding steroid dienone is 1. The van der Waals surface area contributed by atoms with Crippen molar-refractivity contribution in [3.8, 4) is 0 Å². The zero-order valence-electron chi connectivity index (χ0n) is 9.49. The highest BCUT2D eigenvalue weighted by Crippen LogP contribution is 2.15. The summed E-state index contributed by atoms with van der Waals surface area (Å²) in [6, 6.07) is 8.39. The minimum Gasteiger partial charge on any atom is -0.302 e. The van der Waals surface area contributed by atoms with Crippen LogP contribution < -0.4 is 0 Å². The maximum absolute atomic E-state index is 3.44. The smallest absolute Gasteiger partial charge is 0.0175 e. The molecule has 2 rings (SSSR count). The van der Waals surface area contributed by atoms with Crippen LogP contribution in [-0.4, -0.2) is 25.0 Å². The molecule has 16 heavy (non-hydrogen) atoms. The molecule has 0 saturated carbocycles. The van der Waals surface area contributed by atoms with Gasteiger partial charge in [-0.1, -0.05) is 46.3 Å². The SMILES string of the molecule is CN1CC=C(/C=C\c2ccc(Br)cc2)CC1. The molecule has 1 heterocycles. The van der Waals surface area contributed by atoms with E-state index in [1.165, 1.54) is 11.1 Å². The molecule has 0 atom stereocenters. The molecule has 0 aliphatic carbocycles. The number of rotatable bonds is 2. The first-order valence-corrected chi connectivity index (χ1v) is 6.34. The van der Waals surface area contributed by atoms with E-state index >= 15 is 0 Å². The second-order valence-corrected chi connectivity index (χ2v) is 5.09. The fourth-order valence-electron chi connectivity index (χ4n) is 1.71. The molecule has 0 amide bonds. The average molecular weight is 278 g/mol. The highest BCUT2D eigenvalue weighted by atomic mass is 79.9. The molecule has 0 fully saturated rings. The van der Waals surface area contributed by atoms with Crippen LogP contribution in [0.4, 0.5) is 0 Å². The lowest BCUT2D eigenvalue weighted by molar-refractivity contribution is 0.361. The molecule has 1 aromatic rings. The number of hydrogen-bond donors (Lipinski definition) is 0. The van der Waals surface area contributed by atoms with Crippen LogP contribution in [-0.2, 0) is 0 Å². The zero-order valence-corrected chi connectivity index (χ0v) is 11.1. The van der Waals surface area contributed by atoms with Crippen molar-refractivity contribution in [2.24, 2.45) is 0 Å². The van der Waals surface area contributed by atoms with Crippen molar-refractivity contribution in [2.45, 2.75) is 6.42 Å². The van der Waals surface area contributed by atoms with E-state index in [2.05, 4.69) is 70.4 Å². The standard InChI is InChI=1S/C14H16BrN/c1-16-10-8-13(9-11-16)3-2-12-4-6-14(15)7-5-12/h2-8H,9-11H2,1H3/b3-2-. The Hall–Kier alpha value is -0.860. The van der Waals surface area contributed by atoms with Gasteiger partial charge in [-0.2, -0.15) is 0 Å². The molecule has 0 unspecified atom stereocenters. The maximum Gasteiger partial charge on any atom is 0.0175 e. The fourth-order valence-corrected chi connectivity index (χ4v) is 1.98. The van der Waals surface area contributed by atoms with E-state index in [1.807, 2.05) is 0 Å². The van der Waals surface area contributed by atoms with Crippen LogP contribution in [0, 0.1) is 0 Å². The Kier molecular flexibility index (Phi) is 3.97. The maximum atomic E-state index is 3.44. The van der Waals surface area contributed by atoms with Gasteiger partial charge in [0, 0.05) is 17.6 Å². The zero-order chi connectivity index (χ0) is 11.4. The average Bonchev–Trinajstić information content (AvgIpc) is 2.30. The predicted molar refractivity (Wildman–Crippen MR) is 73.4 cm³/mol. The Morgan fingerprint density at radius 1 is 1.19 bits per heavy atom. The second-order valence-electron chi connectivity index (χ2n) is 4.18. The van der Waals surface area contributed by atoms with Crippen LogP contribution in [0.25, 0.3) is 6.08 Å². The monoisotopic (exact) mass is 277 g/mol. The van der Waals surface area contributed by atoms with Crippen LogP contribution in [0.1, 0.15) is 12.0 Å². The fraction of sp³-hybridized carbons (Fsp3) is 0.286. The van der Waals surface area contributed by atoms with Gasteiger partial charge >= 0.3 is 0 Å². The van der Waals surface area contributed by atoms with Crippen molar-refractivity contribution >= 4 is 22.0 Å². The highest BCUT2D eigenvalue weighted by molar-refractivity contribution is 9.10. The summed E-state index contributed by atoms with van der Waals surface area (Å²) in [6.45, 7) is 2.23. The van der Waals surface area contributed by atoms with E-state index in [0.29, 0.717) is 0 Å². The van der Waals surface area contributed by atoms with Crippen LogP contribution in [0.15, 0.2) is 46.5 Å². The number of halogens is 1. The van der Waals surface area contributed by atoms with E-state index in [0.717, 1.165) is 24.0 Å². The molecule has 0 N–H and O–H groups in total. The normalized spacial score (nSPS) is 17.8. The molecule has 1 nitrogen and oxygen atoms in total. The Balaban J connectivity index is 2.01. The number of benzene rings is 1. The topological polar surface area (TPSA) is 3.24 Å². The first-order valence-electron chi connectivity index (χ1n) is 5.55. The lowest BCUT2D eigenvalue weighted by atomic mass is 10.1. The van der Waals surface area contributed by atoms with E-state index in [4.69, 9.17) is 0 Å². The highest BCUT2D eigenvalue weighted by Gasteiger charge is 2.04. The summed E-state index contributed by atoms with van der Waals surface area (Å²) in [5, 5.41) is 0. The van der Waals surface area contributed by atoms with Gasteiger partial charge in [0.05, 0.1) is 0 Å². The van der Waals surface area contributed by atoms with Gasteiger partial charge in [-0.15, -0.1) is 0 Å². The van der Waals surface area contributed by atoms with E-state index in [1.54, 1.807) is 0 Å². The van der Waals surface area contributed by atoms with Crippen LogP contribution in [0.2, 0.25) is 0 Å². The molecule has 1 aromatic carbocycles. The molecule has 1 aliphatic heterocycles. The van der Waals surface area contributed by atoms with E-state index < -0.39 is 0 Å². The molecule has 1 aliphatic rings. The Labute approximate surface area is 106 Å². The number of hydrogen-bond acceptors (Lipinski definition) is 1. The van der Waals surface area contributed by atoms with Gasteiger partial charge in [-0.25, -0.2) is 0 Å². The van der Waals surface area contributed by atoms with Crippen molar-refractivity contribution in [1.29, 1.82) is 0 Å². The third-order valence-corrected chi connectivity index (χ3v) is 3.34. The predicted octanol–water partition coefficient (Wildman–Crippen LogP) is 3.72. The quantitative estimate of drug-likeness (QED) is 0.797. The Morgan fingerprint density at radius 2 is 1.94 bits per heavy atom. The molecule has 0 aromatic heterocycles. The third-order valence-electron chi connectivity index (χ3n) is 2.81. The van der Waals surface area contributed by atoms with Gasteiger partial charge in [0.2, 0.25) is 0 Å². The van der Waals surface area contributed by atoms with Crippen molar-refractivity contribution in [3.63, 3.8) is 0 Å². The summed E-state index contributed by atoms with van der Waals surface area (Å²) in [5.74, 6) is 0. The van der Waals surface area contributed by atoms with Crippen molar-refractivity contribution < 1.29 is 0 Å². The Morgan fingerprint density at radius 3 is 2.56 bits per heavy atom. The largest absolute Gasteiger partial charge is 0.302 e.